The van der Waals surface area contributed by atoms with Gasteiger partial charge in [-0.25, -0.2) is 9.97 Å². The molecule has 2 aromatic heterocycles. The number of thiophene rings is 1. The highest BCUT2D eigenvalue weighted by Gasteiger charge is 2.15. The zero-order valence-electron chi connectivity index (χ0n) is 13.0. The maximum Gasteiger partial charge on any atom is 0.147 e. The average Bonchev–Trinajstić information content (AvgIpc) is 2.71. The summed E-state index contributed by atoms with van der Waals surface area (Å²) in [5.74, 6) is 1.63. The monoisotopic (exact) mass is 292 g/mol. The standard InChI is InChI=1S/C15H24N4S/c1-10(2)6-12(7-19(4)5)18-15-14-13(16-9-17-15)11(3)8-20-14/h8-10,12H,6-7H2,1-5H3,(H,16,17,18). The third kappa shape index (κ3) is 3.67. The summed E-state index contributed by atoms with van der Waals surface area (Å²) < 4.78 is 1.16. The van der Waals surface area contributed by atoms with E-state index in [0.717, 1.165) is 29.0 Å². The molecule has 2 aromatic rings. The summed E-state index contributed by atoms with van der Waals surface area (Å²) in [6, 6.07) is 0.408. The van der Waals surface area contributed by atoms with Crippen molar-refractivity contribution in [1.82, 2.24) is 14.9 Å². The van der Waals surface area contributed by atoms with Crippen molar-refractivity contribution in [2.45, 2.75) is 33.2 Å². The number of likely N-dealkylation sites (N-methyl/N-ethyl adjacent to an activating group) is 1. The predicted molar refractivity (Wildman–Crippen MR) is 87.6 cm³/mol. The third-order valence-corrected chi connectivity index (χ3v) is 4.31. The van der Waals surface area contributed by atoms with Gasteiger partial charge in [-0.1, -0.05) is 13.8 Å². The third-order valence-electron chi connectivity index (χ3n) is 3.21. The number of hydrogen-bond donors (Lipinski definition) is 1. The molecule has 0 amide bonds. The summed E-state index contributed by atoms with van der Waals surface area (Å²) in [5.41, 5.74) is 2.30. The Balaban J connectivity index is 2.23. The lowest BCUT2D eigenvalue weighted by Gasteiger charge is -2.24. The molecule has 4 nitrogen and oxygen atoms in total. The van der Waals surface area contributed by atoms with Gasteiger partial charge in [0.15, 0.2) is 0 Å². The van der Waals surface area contributed by atoms with Gasteiger partial charge < -0.3 is 10.2 Å². The van der Waals surface area contributed by atoms with E-state index in [1.165, 1.54) is 5.56 Å². The van der Waals surface area contributed by atoms with Crippen LogP contribution in [0.4, 0.5) is 5.82 Å². The molecule has 0 aliphatic rings. The molecule has 0 aliphatic carbocycles. The smallest absolute Gasteiger partial charge is 0.147 e. The van der Waals surface area contributed by atoms with Crippen LogP contribution >= 0.6 is 11.3 Å². The Morgan fingerprint density at radius 2 is 2.05 bits per heavy atom. The minimum absolute atomic E-state index is 0.408. The summed E-state index contributed by atoms with van der Waals surface area (Å²) in [6.45, 7) is 7.62. The van der Waals surface area contributed by atoms with Crippen LogP contribution in [-0.4, -0.2) is 41.5 Å². The van der Waals surface area contributed by atoms with Crippen LogP contribution in [0.3, 0.4) is 0 Å². The predicted octanol–water partition coefficient (Wildman–Crippen LogP) is 3.39. The van der Waals surface area contributed by atoms with Gasteiger partial charge in [0.25, 0.3) is 0 Å². The van der Waals surface area contributed by atoms with Gasteiger partial charge in [0.05, 0.1) is 10.2 Å². The molecule has 1 atom stereocenters. The number of anilines is 1. The Kier molecular flexibility index (Phi) is 4.94. The summed E-state index contributed by atoms with van der Waals surface area (Å²) in [4.78, 5) is 11.0. The SMILES string of the molecule is Cc1csc2c(NC(CC(C)C)CN(C)C)ncnc12. The van der Waals surface area contributed by atoms with E-state index < -0.39 is 0 Å². The Morgan fingerprint density at radius 3 is 2.70 bits per heavy atom. The molecule has 0 spiro atoms. The first kappa shape index (κ1) is 15.2. The highest BCUT2D eigenvalue weighted by atomic mass is 32.1. The van der Waals surface area contributed by atoms with Crippen molar-refractivity contribution in [2.24, 2.45) is 5.92 Å². The minimum atomic E-state index is 0.408. The molecular formula is C15H24N4S. The molecule has 5 heteroatoms. The summed E-state index contributed by atoms with van der Waals surface area (Å²) >= 11 is 1.72. The van der Waals surface area contributed by atoms with E-state index in [2.05, 4.69) is 60.4 Å². The van der Waals surface area contributed by atoms with Gasteiger partial charge in [0.2, 0.25) is 0 Å². The number of nitrogens with one attached hydrogen (secondary N) is 1. The van der Waals surface area contributed by atoms with Crippen molar-refractivity contribution in [3.05, 3.63) is 17.3 Å². The molecule has 2 rings (SSSR count). The van der Waals surface area contributed by atoms with Crippen molar-refractivity contribution in [2.75, 3.05) is 26.0 Å². The van der Waals surface area contributed by atoms with Crippen molar-refractivity contribution >= 4 is 27.4 Å². The van der Waals surface area contributed by atoms with Crippen LogP contribution in [-0.2, 0) is 0 Å². The van der Waals surface area contributed by atoms with E-state index in [-0.39, 0.29) is 0 Å². The van der Waals surface area contributed by atoms with Gasteiger partial charge in [0, 0.05) is 12.6 Å². The average molecular weight is 292 g/mol. The first-order valence-corrected chi connectivity index (χ1v) is 7.95. The maximum absolute atomic E-state index is 4.44. The Bertz CT molecular complexity index is 552. The van der Waals surface area contributed by atoms with Crippen LogP contribution in [0.1, 0.15) is 25.8 Å². The number of rotatable bonds is 6. The maximum atomic E-state index is 4.44. The van der Waals surface area contributed by atoms with E-state index in [4.69, 9.17) is 0 Å². The van der Waals surface area contributed by atoms with E-state index >= 15 is 0 Å². The lowest BCUT2D eigenvalue weighted by Crippen LogP contribution is -2.33. The Morgan fingerprint density at radius 1 is 1.30 bits per heavy atom. The van der Waals surface area contributed by atoms with Crippen LogP contribution in [0.5, 0.6) is 0 Å². The van der Waals surface area contributed by atoms with E-state index in [1.807, 2.05) is 0 Å². The van der Waals surface area contributed by atoms with Gasteiger partial charge in [-0.15, -0.1) is 11.3 Å². The van der Waals surface area contributed by atoms with Gasteiger partial charge in [-0.2, -0.15) is 0 Å². The number of hydrogen-bond acceptors (Lipinski definition) is 5. The quantitative estimate of drug-likeness (QED) is 0.886. The molecule has 2 heterocycles. The van der Waals surface area contributed by atoms with Crippen molar-refractivity contribution in [1.29, 1.82) is 0 Å². The fourth-order valence-electron chi connectivity index (χ4n) is 2.45. The first-order chi connectivity index (χ1) is 9.47. The van der Waals surface area contributed by atoms with Gasteiger partial charge in [-0.05, 0) is 44.3 Å². The molecule has 1 unspecified atom stereocenters. The number of fused-ring (bicyclic) bond motifs is 1. The molecule has 0 aliphatic heterocycles. The number of aromatic nitrogens is 2. The van der Waals surface area contributed by atoms with Gasteiger partial charge >= 0.3 is 0 Å². The Hall–Kier alpha value is -1.20. The molecule has 0 fully saturated rings. The highest BCUT2D eigenvalue weighted by Crippen LogP contribution is 2.29. The molecular weight excluding hydrogens is 268 g/mol. The van der Waals surface area contributed by atoms with E-state index in [9.17, 15) is 0 Å². The van der Waals surface area contributed by atoms with Gasteiger partial charge in [0.1, 0.15) is 12.1 Å². The van der Waals surface area contributed by atoms with Crippen LogP contribution in [0.2, 0.25) is 0 Å². The lowest BCUT2D eigenvalue weighted by molar-refractivity contribution is 0.356. The fourth-order valence-corrected chi connectivity index (χ4v) is 3.41. The Labute approximate surface area is 125 Å². The molecule has 0 saturated heterocycles. The minimum Gasteiger partial charge on any atom is -0.365 e. The van der Waals surface area contributed by atoms with Crippen LogP contribution in [0.15, 0.2) is 11.7 Å². The number of aryl methyl sites for hydroxylation is 1. The topological polar surface area (TPSA) is 41.0 Å². The molecule has 1 N–H and O–H groups in total. The zero-order chi connectivity index (χ0) is 14.7. The fraction of sp³-hybridized carbons (Fsp3) is 0.600. The molecule has 110 valence electrons. The molecule has 20 heavy (non-hydrogen) atoms. The normalized spacial score (nSPS) is 13.3. The van der Waals surface area contributed by atoms with Crippen molar-refractivity contribution < 1.29 is 0 Å². The van der Waals surface area contributed by atoms with Crippen LogP contribution < -0.4 is 5.32 Å². The largest absolute Gasteiger partial charge is 0.365 e. The van der Waals surface area contributed by atoms with Crippen LogP contribution in [0, 0.1) is 12.8 Å². The zero-order valence-corrected chi connectivity index (χ0v) is 13.8. The summed E-state index contributed by atoms with van der Waals surface area (Å²) in [6.07, 6.45) is 2.79. The molecule has 0 saturated carbocycles. The highest BCUT2D eigenvalue weighted by molar-refractivity contribution is 7.18. The van der Waals surface area contributed by atoms with Crippen molar-refractivity contribution in [3.8, 4) is 0 Å². The second kappa shape index (κ2) is 6.50. The second-order valence-corrected chi connectivity index (χ2v) is 6.93. The van der Waals surface area contributed by atoms with Crippen LogP contribution in [0.25, 0.3) is 10.2 Å². The summed E-state index contributed by atoms with van der Waals surface area (Å²) in [5, 5.41) is 5.76. The summed E-state index contributed by atoms with van der Waals surface area (Å²) in [7, 11) is 4.22. The van der Waals surface area contributed by atoms with Gasteiger partial charge in [-0.3, -0.25) is 0 Å². The lowest BCUT2D eigenvalue weighted by atomic mass is 10.0. The van der Waals surface area contributed by atoms with Crippen molar-refractivity contribution in [3.63, 3.8) is 0 Å². The first-order valence-electron chi connectivity index (χ1n) is 7.07. The van der Waals surface area contributed by atoms with E-state index in [0.29, 0.717) is 12.0 Å². The molecule has 0 radical (unpaired) electrons. The van der Waals surface area contributed by atoms with E-state index in [1.54, 1.807) is 17.7 Å². The number of nitrogens with zero attached hydrogens (tertiary/aromatic N) is 3. The molecule has 0 bridgehead atoms. The molecule has 0 aromatic carbocycles. The second-order valence-electron chi connectivity index (χ2n) is 6.05.